The predicted octanol–water partition coefficient (Wildman–Crippen LogP) is 4.24. The summed E-state index contributed by atoms with van der Waals surface area (Å²) >= 11 is 13.5. The Labute approximate surface area is 116 Å². The highest BCUT2D eigenvalue weighted by molar-refractivity contribution is 7.99. The summed E-state index contributed by atoms with van der Waals surface area (Å²) in [6.07, 6.45) is 1.85. The molecule has 0 radical (unpaired) electrons. The number of thioether (sulfide) groups is 1. The monoisotopic (exact) mass is 292 g/mol. The fourth-order valence-corrected chi connectivity index (χ4v) is 2.82. The first kappa shape index (κ1) is 13.5. The van der Waals surface area contributed by atoms with Crippen LogP contribution in [0.3, 0.4) is 0 Å². The van der Waals surface area contributed by atoms with E-state index in [0.717, 1.165) is 36.7 Å². The van der Waals surface area contributed by atoms with Gasteiger partial charge in [0.05, 0.1) is 23.3 Å². The third-order valence-corrected chi connectivity index (χ3v) is 4.18. The van der Waals surface area contributed by atoms with E-state index in [0.29, 0.717) is 10.0 Å². The molecule has 1 aliphatic heterocycles. The summed E-state index contributed by atoms with van der Waals surface area (Å²) in [5.41, 5.74) is 0. The van der Waals surface area contributed by atoms with Crippen LogP contribution < -0.4 is 0 Å². The van der Waals surface area contributed by atoms with Crippen molar-refractivity contribution in [3.8, 4) is 0 Å². The van der Waals surface area contributed by atoms with Crippen LogP contribution in [0.4, 0.5) is 0 Å². The first-order valence-electron chi connectivity index (χ1n) is 5.57. The predicted molar refractivity (Wildman–Crippen MR) is 72.1 cm³/mol. The van der Waals surface area contributed by atoms with Gasteiger partial charge >= 0.3 is 0 Å². The van der Waals surface area contributed by atoms with Crippen molar-refractivity contribution in [1.29, 1.82) is 0 Å². The molecule has 0 aromatic heterocycles. The summed E-state index contributed by atoms with van der Waals surface area (Å²) in [5, 5.41) is 1.19. The van der Waals surface area contributed by atoms with E-state index in [4.69, 9.17) is 32.7 Å². The molecule has 1 aliphatic rings. The molecule has 5 heteroatoms. The lowest BCUT2D eigenvalue weighted by atomic mass is 10.4. The average molecular weight is 293 g/mol. The zero-order valence-electron chi connectivity index (χ0n) is 9.33. The Bertz CT molecular complexity index is 368. The first-order chi connectivity index (χ1) is 8.25. The van der Waals surface area contributed by atoms with Crippen LogP contribution >= 0.6 is 35.0 Å². The normalized spacial score (nSPS) is 17.3. The van der Waals surface area contributed by atoms with Gasteiger partial charge < -0.3 is 9.47 Å². The molecule has 0 aliphatic carbocycles. The fourth-order valence-electron chi connectivity index (χ4n) is 1.54. The second-order valence-corrected chi connectivity index (χ2v) is 5.72. The van der Waals surface area contributed by atoms with Gasteiger partial charge in [-0.1, -0.05) is 23.2 Å². The molecule has 1 saturated heterocycles. The van der Waals surface area contributed by atoms with Crippen molar-refractivity contribution in [2.45, 2.75) is 24.0 Å². The van der Waals surface area contributed by atoms with Gasteiger partial charge in [-0.15, -0.1) is 11.8 Å². The van der Waals surface area contributed by atoms with Gasteiger partial charge in [0.15, 0.2) is 6.29 Å². The average Bonchev–Trinajstić information content (AvgIpc) is 2.35. The molecule has 1 aromatic rings. The lowest BCUT2D eigenvalue weighted by molar-refractivity contribution is -0.178. The highest BCUT2D eigenvalue weighted by Gasteiger charge is 2.13. The van der Waals surface area contributed by atoms with Crippen molar-refractivity contribution >= 4 is 35.0 Å². The molecule has 2 rings (SSSR count). The quantitative estimate of drug-likeness (QED) is 0.774. The van der Waals surface area contributed by atoms with Crippen molar-refractivity contribution in [2.75, 3.05) is 19.0 Å². The Kier molecular flexibility index (Phi) is 5.45. The maximum Gasteiger partial charge on any atom is 0.158 e. The van der Waals surface area contributed by atoms with E-state index in [1.54, 1.807) is 11.8 Å². The Balaban J connectivity index is 1.75. The molecular weight excluding hydrogens is 279 g/mol. The Morgan fingerprint density at radius 1 is 1.18 bits per heavy atom. The highest BCUT2D eigenvalue weighted by Crippen LogP contribution is 2.28. The van der Waals surface area contributed by atoms with Crippen molar-refractivity contribution in [3.05, 3.63) is 28.2 Å². The third-order valence-electron chi connectivity index (χ3n) is 2.41. The summed E-state index contributed by atoms with van der Waals surface area (Å²) in [5.74, 6) is 0.947. The topological polar surface area (TPSA) is 18.5 Å². The maximum atomic E-state index is 5.95. The maximum absolute atomic E-state index is 5.95. The Morgan fingerprint density at radius 2 is 1.94 bits per heavy atom. The van der Waals surface area contributed by atoms with E-state index in [1.807, 2.05) is 18.2 Å². The summed E-state index contributed by atoms with van der Waals surface area (Å²) < 4.78 is 11.0. The van der Waals surface area contributed by atoms with E-state index < -0.39 is 0 Å². The van der Waals surface area contributed by atoms with E-state index in [1.165, 1.54) is 0 Å². The van der Waals surface area contributed by atoms with E-state index >= 15 is 0 Å². The van der Waals surface area contributed by atoms with Crippen LogP contribution in [0.1, 0.15) is 12.8 Å². The van der Waals surface area contributed by atoms with Crippen molar-refractivity contribution in [3.63, 3.8) is 0 Å². The fraction of sp³-hybridized carbons (Fsp3) is 0.500. The lowest BCUT2D eigenvalue weighted by Gasteiger charge is -2.22. The molecule has 0 spiro atoms. The van der Waals surface area contributed by atoms with Gasteiger partial charge in [0.1, 0.15) is 0 Å². The largest absolute Gasteiger partial charge is 0.353 e. The van der Waals surface area contributed by atoms with Crippen LogP contribution in [-0.4, -0.2) is 25.3 Å². The summed E-state index contributed by atoms with van der Waals surface area (Å²) in [6.45, 7) is 1.62. The van der Waals surface area contributed by atoms with Crippen LogP contribution in [0.5, 0.6) is 0 Å². The van der Waals surface area contributed by atoms with Gasteiger partial charge in [0.25, 0.3) is 0 Å². The molecule has 0 unspecified atom stereocenters. The second kappa shape index (κ2) is 6.86. The van der Waals surface area contributed by atoms with Crippen LogP contribution in [-0.2, 0) is 9.47 Å². The molecule has 94 valence electrons. The highest BCUT2D eigenvalue weighted by atomic mass is 35.5. The van der Waals surface area contributed by atoms with E-state index in [9.17, 15) is 0 Å². The lowest BCUT2D eigenvalue weighted by Crippen LogP contribution is -2.25. The number of hydrogen-bond donors (Lipinski definition) is 0. The molecule has 0 atom stereocenters. The third kappa shape index (κ3) is 4.34. The van der Waals surface area contributed by atoms with Gasteiger partial charge in [-0.3, -0.25) is 0 Å². The van der Waals surface area contributed by atoms with Crippen molar-refractivity contribution in [1.82, 2.24) is 0 Å². The number of halogens is 2. The minimum Gasteiger partial charge on any atom is -0.353 e. The Hall–Kier alpha value is 0.0700. The molecule has 1 fully saturated rings. The minimum absolute atomic E-state index is 0.0426. The number of benzene rings is 1. The molecule has 17 heavy (non-hydrogen) atoms. The second-order valence-electron chi connectivity index (χ2n) is 3.74. The molecule has 0 amide bonds. The van der Waals surface area contributed by atoms with E-state index in [-0.39, 0.29) is 6.29 Å². The number of hydrogen-bond acceptors (Lipinski definition) is 3. The summed E-state index contributed by atoms with van der Waals surface area (Å²) in [7, 11) is 0. The van der Waals surface area contributed by atoms with Crippen molar-refractivity contribution < 1.29 is 9.47 Å². The van der Waals surface area contributed by atoms with Crippen LogP contribution in [0.15, 0.2) is 23.1 Å². The van der Waals surface area contributed by atoms with Crippen LogP contribution in [0.25, 0.3) is 0 Å². The van der Waals surface area contributed by atoms with Crippen LogP contribution in [0.2, 0.25) is 10.0 Å². The molecule has 0 N–H and O–H groups in total. The number of rotatable bonds is 4. The molecule has 2 nitrogen and oxygen atoms in total. The van der Waals surface area contributed by atoms with Gasteiger partial charge in [-0.2, -0.15) is 0 Å². The molecule has 0 bridgehead atoms. The zero-order valence-corrected chi connectivity index (χ0v) is 11.7. The SMILES string of the molecule is Clc1ccc(SCCC2OCCCO2)cc1Cl. The molecule has 1 aromatic carbocycles. The molecular formula is C12H14Cl2O2S. The molecule has 1 heterocycles. The van der Waals surface area contributed by atoms with Crippen molar-refractivity contribution in [2.24, 2.45) is 0 Å². The smallest absolute Gasteiger partial charge is 0.158 e. The number of ether oxygens (including phenoxy) is 2. The summed E-state index contributed by atoms with van der Waals surface area (Å²) in [4.78, 5) is 1.12. The van der Waals surface area contributed by atoms with Gasteiger partial charge in [-0.05, 0) is 24.6 Å². The summed E-state index contributed by atoms with van der Waals surface area (Å²) in [6, 6.07) is 5.68. The Morgan fingerprint density at radius 3 is 2.65 bits per heavy atom. The zero-order chi connectivity index (χ0) is 12.1. The van der Waals surface area contributed by atoms with Crippen LogP contribution in [0, 0.1) is 0 Å². The first-order valence-corrected chi connectivity index (χ1v) is 7.31. The van der Waals surface area contributed by atoms with E-state index in [2.05, 4.69) is 0 Å². The van der Waals surface area contributed by atoms with Gasteiger partial charge in [0, 0.05) is 17.1 Å². The van der Waals surface area contributed by atoms with Gasteiger partial charge in [-0.25, -0.2) is 0 Å². The minimum atomic E-state index is -0.0426. The van der Waals surface area contributed by atoms with Gasteiger partial charge in [0.2, 0.25) is 0 Å². The standard InChI is InChI=1S/C12H14Cl2O2S/c13-10-3-2-9(8-11(10)14)17-7-4-12-15-5-1-6-16-12/h2-3,8,12H,1,4-7H2. The molecule has 0 saturated carbocycles.